The van der Waals surface area contributed by atoms with Crippen LogP contribution in [0.15, 0.2) is 36.7 Å². The number of aryl methyl sites for hydroxylation is 1. The van der Waals surface area contributed by atoms with Crippen LogP contribution in [0.5, 0.6) is 5.75 Å². The van der Waals surface area contributed by atoms with Gasteiger partial charge in [0.25, 0.3) is 0 Å². The molecule has 0 aliphatic rings. The second kappa shape index (κ2) is 6.29. The number of hydrogen-bond acceptors (Lipinski definition) is 4. The van der Waals surface area contributed by atoms with Gasteiger partial charge in [0.1, 0.15) is 5.75 Å². The van der Waals surface area contributed by atoms with E-state index in [2.05, 4.69) is 21.4 Å². The highest BCUT2D eigenvalue weighted by Gasteiger charge is 2.14. The van der Waals surface area contributed by atoms with Crippen molar-refractivity contribution in [1.29, 1.82) is 0 Å². The summed E-state index contributed by atoms with van der Waals surface area (Å²) in [6.07, 6.45) is 3.59. The third kappa shape index (κ3) is 3.29. The molecule has 1 aromatic heterocycles. The largest absolute Gasteiger partial charge is 0.494 e. The van der Waals surface area contributed by atoms with E-state index in [-0.39, 0.29) is 6.04 Å². The van der Waals surface area contributed by atoms with Crippen molar-refractivity contribution in [3.8, 4) is 5.75 Å². The first kappa shape index (κ1) is 13.5. The van der Waals surface area contributed by atoms with Crippen LogP contribution in [0.2, 0.25) is 0 Å². The van der Waals surface area contributed by atoms with Crippen LogP contribution in [0.3, 0.4) is 0 Å². The molecule has 4 nitrogen and oxygen atoms in total. The number of hydrogen-bond donors (Lipinski definition) is 1. The van der Waals surface area contributed by atoms with Crippen LogP contribution < -0.4 is 10.1 Å². The van der Waals surface area contributed by atoms with E-state index in [1.807, 2.05) is 45.3 Å². The molecule has 0 aliphatic carbocycles. The van der Waals surface area contributed by atoms with E-state index in [0.29, 0.717) is 6.61 Å². The van der Waals surface area contributed by atoms with Gasteiger partial charge >= 0.3 is 0 Å². The van der Waals surface area contributed by atoms with E-state index in [0.717, 1.165) is 22.7 Å². The molecule has 0 fully saturated rings. The maximum absolute atomic E-state index is 5.53. The van der Waals surface area contributed by atoms with E-state index >= 15 is 0 Å². The molecule has 1 atom stereocenters. The van der Waals surface area contributed by atoms with Gasteiger partial charge in [-0.05, 0) is 38.6 Å². The summed E-state index contributed by atoms with van der Waals surface area (Å²) in [5.41, 5.74) is 2.94. The minimum Gasteiger partial charge on any atom is -0.494 e. The molecule has 2 rings (SSSR count). The van der Waals surface area contributed by atoms with Gasteiger partial charge in [-0.15, -0.1) is 0 Å². The Hall–Kier alpha value is -1.94. The summed E-state index contributed by atoms with van der Waals surface area (Å²) in [5.74, 6) is 0.875. The van der Waals surface area contributed by atoms with Crippen LogP contribution in [0, 0.1) is 6.92 Å². The van der Waals surface area contributed by atoms with Crippen molar-refractivity contribution in [2.75, 3.05) is 13.7 Å². The Morgan fingerprint density at radius 2 is 2.11 bits per heavy atom. The number of rotatable bonds is 5. The van der Waals surface area contributed by atoms with Crippen LogP contribution in [-0.2, 0) is 0 Å². The molecule has 1 heterocycles. The molecule has 0 bridgehead atoms. The van der Waals surface area contributed by atoms with Gasteiger partial charge in [-0.3, -0.25) is 9.97 Å². The fourth-order valence-electron chi connectivity index (χ4n) is 1.99. The van der Waals surface area contributed by atoms with E-state index < -0.39 is 0 Å². The highest BCUT2D eigenvalue weighted by Crippen LogP contribution is 2.23. The third-order valence-electron chi connectivity index (χ3n) is 2.89. The number of benzene rings is 1. The maximum atomic E-state index is 5.53. The summed E-state index contributed by atoms with van der Waals surface area (Å²) in [6, 6.07) is 8.07. The summed E-state index contributed by atoms with van der Waals surface area (Å²) < 4.78 is 5.53. The van der Waals surface area contributed by atoms with Crippen LogP contribution in [0.4, 0.5) is 0 Å². The van der Waals surface area contributed by atoms with Crippen molar-refractivity contribution in [2.45, 2.75) is 19.9 Å². The summed E-state index contributed by atoms with van der Waals surface area (Å²) in [6.45, 7) is 4.58. The van der Waals surface area contributed by atoms with Crippen LogP contribution in [-0.4, -0.2) is 23.6 Å². The molecule has 1 N–H and O–H groups in total. The lowest BCUT2D eigenvalue weighted by Gasteiger charge is -2.16. The topological polar surface area (TPSA) is 47.0 Å². The highest BCUT2D eigenvalue weighted by molar-refractivity contribution is 5.34. The van der Waals surface area contributed by atoms with Crippen molar-refractivity contribution >= 4 is 0 Å². The number of nitrogens with zero attached hydrogens (tertiary/aromatic N) is 2. The zero-order valence-corrected chi connectivity index (χ0v) is 11.6. The quantitative estimate of drug-likeness (QED) is 0.894. The number of aromatic nitrogens is 2. The molecule has 4 heteroatoms. The molecule has 100 valence electrons. The molecular formula is C15H19N3O. The van der Waals surface area contributed by atoms with Crippen molar-refractivity contribution in [2.24, 2.45) is 0 Å². The maximum Gasteiger partial charge on any atom is 0.119 e. The molecule has 1 unspecified atom stereocenters. The summed E-state index contributed by atoms with van der Waals surface area (Å²) in [7, 11) is 1.92. The smallest absolute Gasteiger partial charge is 0.119 e. The van der Waals surface area contributed by atoms with E-state index in [4.69, 9.17) is 4.74 Å². The van der Waals surface area contributed by atoms with Gasteiger partial charge in [0.05, 0.1) is 30.2 Å². The fraction of sp³-hybridized carbons (Fsp3) is 0.333. The second-order valence-corrected chi connectivity index (χ2v) is 4.31. The Morgan fingerprint density at radius 1 is 1.26 bits per heavy atom. The minimum absolute atomic E-state index is 0.0218. The van der Waals surface area contributed by atoms with Crippen molar-refractivity contribution in [3.05, 3.63) is 53.6 Å². The SMILES string of the molecule is CCOc1cccc(C(NC)c2cnc(C)cn2)c1. The molecule has 0 aliphatic heterocycles. The van der Waals surface area contributed by atoms with Crippen molar-refractivity contribution in [3.63, 3.8) is 0 Å². The first-order valence-electron chi connectivity index (χ1n) is 6.43. The Balaban J connectivity index is 2.30. The molecule has 0 radical (unpaired) electrons. The van der Waals surface area contributed by atoms with Gasteiger partial charge in [0.15, 0.2) is 0 Å². The molecule has 2 aromatic rings. The predicted octanol–water partition coefficient (Wildman–Crippen LogP) is 2.49. The normalized spacial score (nSPS) is 12.2. The van der Waals surface area contributed by atoms with Crippen molar-refractivity contribution < 1.29 is 4.74 Å². The highest BCUT2D eigenvalue weighted by atomic mass is 16.5. The molecule has 0 amide bonds. The Kier molecular flexibility index (Phi) is 4.47. The minimum atomic E-state index is 0.0218. The summed E-state index contributed by atoms with van der Waals surface area (Å²) in [5, 5.41) is 3.27. The second-order valence-electron chi connectivity index (χ2n) is 4.31. The molecule has 0 saturated heterocycles. The number of nitrogens with one attached hydrogen (secondary N) is 1. The first-order valence-corrected chi connectivity index (χ1v) is 6.43. The predicted molar refractivity (Wildman–Crippen MR) is 75.3 cm³/mol. The third-order valence-corrected chi connectivity index (χ3v) is 2.89. The van der Waals surface area contributed by atoms with Gasteiger partial charge in [-0.2, -0.15) is 0 Å². The Labute approximate surface area is 113 Å². The average Bonchev–Trinajstić information content (AvgIpc) is 2.43. The lowest BCUT2D eigenvalue weighted by molar-refractivity contribution is 0.339. The monoisotopic (exact) mass is 257 g/mol. The van der Waals surface area contributed by atoms with Crippen LogP contribution in [0.1, 0.15) is 29.9 Å². The number of ether oxygens (including phenoxy) is 1. The van der Waals surface area contributed by atoms with Gasteiger partial charge in [0.2, 0.25) is 0 Å². The van der Waals surface area contributed by atoms with E-state index in [1.54, 1.807) is 6.20 Å². The lowest BCUT2D eigenvalue weighted by Crippen LogP contribution is -2.19. The average molecular weight is 257 g/mol. The van der Waals surface area contributed by atoms with Gasteiger partial charge in [-0.1, -0.05) is 12.1 Å². The van der Waals surface area contributed by atoms with E-state index in [9.17, 15) is 0 Å². The Bertz CT molecular complexity index is 525. The Morgan fingerprint density at radius 3 is 2.74 bits per heavy atom. The zero-order chi connectivity index (χ0) is 13.7. The summed E-state index contributed by atoms with van der Waals surface area (Å²) >= 11 is 0. The first-order chi connectivity index (χ1) is 9.24. The molecule has 0 spiro atoms. The van der Waals surface area contributed by atoms with Crippen LogP contribution in [0.25, 0.3) is 0 Å². The molecule has 0 saturated carbocycles. The molecule has 1 aromatic carbocycles. The van der Waals surface area contributed by atoms with Gasteiger partial charge in [-0.25, -0.2) is 0 Å². The molecular weight excluding hydrogens is 238 g/mol. The standard InChI is InChI=1S/C15H19N3O/c1-4-19-13-7-5-6-12(8-13)15(16-3)14-10-17-11(2)9-18-14/h5-10,15-16H,4H2,1-3H3. The van der Waals surface area contributed by atoms with E-state index in [1.165, 1.54) is 0 Å². The summed E-state index contributed by atoms with van der Waals surface area (Å²) in [4.78, 5) is 8.73. The van der Waals surface area contributed by atoms with Gasteiger partial charge in [0, 0.05) is 6.20 Å². The molecule has 19 heavy (non-hydrogen) atoms. The zero-order valence-electron chi connectivity index (χ0n) is 11.6. The lowest BCUT2D eigenvalue weighted by atomic mass is 10.0. The van der Waals surface area contributed by atoms with Gasteiger partial charge < -0.3 is 10.1 Å². The fourth-order valence-corrected chi connectivity index (χ4v) is 1.99. The van der Waals surface area contributed by atoms with Crippen molar-refractivity contribution in [1.82, 2.24) is 15.3 Å². The van der Waals surface area contributed by atoms with Crippen LogP contribution >= 0.6 is 0 Å².